The maximum absolute atomic E-state index is 13.0. The minimum absolute atomic E-state index is 0.194. The average Bonchev–Trinajstić information content (AvgIpc) is 2.42. The number of phenols is 1. The number of phenolic OH excluding ortho intramolecular Hbond substituents is 1. The Bertz CT molecular complexity index is 454. The summed E-state index contributed by atoms with van der Waals surface area (Å²) in [6, 6.07) is 3.27. The number of aromatic hydroxyl groups is 1. The second kappa shape index (κ2) is 5.45. The van der Waals surface area contributed by atoms with E-state index in [1.807, 2.05) is 6.07 Å². The standard InChI is InChI=1S/C15H21F2NO/c1-10-7-11(8-12(13(10)19)14(16)17)15(9-18)5-3-2-4-6-15/h7-8,14,19H,2-6,9,18H2,1H3. The van der Waals surface area contributed by atoms with Gasteiger partial charge in [-0.3, -0.25) is 0 Å². The Morgan fingerprint density at radius 3 is 2.42 bits per heavy atom. The zero-order valence-electron chi connectivity index (χ0n) is 11.3. The van der Waals surface area contributed by atoms with Crippen molar-refractivity contribution in [3.05, 3.63) is 28.8 Å². The fourth-order valence-electron chi connectivity index (χ4n) is 3.12. The molecular formula is C15H21F2NO. The summed E-state index contributed by atoms with van der Waals surface area (Å²) in [7, 11) is 0. The second-order valence-corrected chi connectivity index (χ2v) is 5.58. The van der Waals surface area contributed by atoms with Gasteiger partial charge in [-0.1, -0.05) is 25.3 Å². The average molecular weight is 269 g/mol. The molecule has 0 spiro atoms. The van der Waals surface area contributed by atoms with E-state index in [0.29, 0.717) is 12.1 Å². The molecule has 0 heterocycles. The van der Waals surface area contributed by atoms with Gasteiger partial charge in [0.25, 0.3) is 6.43 Å². The second-order valence-electron chi connectivity index (χ2n) is 5.58. The number of hydrogen-bond acceptors (Lipinski definition) is 2. The molecule has 0 bridgehead atoms. The predicted octanol–water partition coefficient (Wildman–Crippen LogP) is 3.80. The molecule has 2 nitrogen and oxygen atoms in total. The lowest BCUT2D eigenvalue weighted by atomic mass is 9.69. The van der Waals surface area contributed by atoms with Gasteiger partial charge in [0.2, 0.25) is 0 Å². The van der Waals surface area contributed by atoms with Crippen LogP contribution in [0.5, 0.6) is 5.75 Å². The third kappa shape index (κ3) is 2.59. The van der Waals surface area contributed by atoms with Gasteiger partial charge in [0.15, 0.2) is 0 Å². The Morgan fingerprint density at radius 1 is 1.26 bits per heavy atom. The van der Waals surface area contributed by atoms with Crippen LogP contribution < -0.4 is 5.73 Å². The lowest BCUT2D eigenvalue weighted by Gasteiger charge is -2.37. The fraction of sp³-hybridized carbons (Fsp3) is 0.600. The smallest absolute Gasteiger partial charge is 0.267 e. The molecule has 0 atom stereocenters. The summed E-state index contributed by atoms with van der Waals surface area (Å²) in [4.78, 5) is 0. The molecule has 2 rings (SSSR count). The highest BCUT2D eigenvalue weighted by Gasteiger charge is 2.34. The Balaban J connectivity index is 2.49. The molecule has 0 unspecified atom stereocenters. The topological polar surface area (TPSA) is 46.2 Å². The molecule has 4 heteroatoms. The molecule has 1 aliphatic rings. The fourth-order valence-corrected chi connectivity index (χ4v) is 3.12. The van der Waals surface area contributed by atoms with Crippen LogP contribution in [-0.4, -0.2) is 11.7 Å². The summed E-state index contributed by atoms with van der Waals surface area (Å²) in [5.41, 5.74) is 6.84. The van der Waals surface area contributed by atoms with E-state index < -0.39 is 6.43 Å². The van der Waals surface area contributed by atoms with Crippen molar-refractivity contribution in [1.82, 2.24) is 0 Å². The van der Waals surface area contributed by atoms with E-state index >= 15 is 0 Å². The van der Waals surface area contributed by atoms with Crippen LogP contribution in [0.25, 0.3) is 0 Å². The van der Waals surface area contributed by atoms with Gasteiger partial charge in [-0.15, -0.1) is 0 Å². The van der Waals surface area contributed by atoms with Crippen molar-refractivity contribution in [3.63, 3.8) is 0 Å². The molecule has 1 saturated carbocycles. The molecule has 1 aromatic carbocycles. The third-order valence-electron chi connectivity index (χ3n) is 4.38. The van der Waals surface area contributed by atoms with E-state index in [4.69, 9.17) is 5.73 Å². The molecule has 3 N–H and O–H groups in total. The highest BCUT2D eigenvalue weighted by atomic mass is 19.3. The van der Waals surface area contributed by atoms with Gasteiger partial charge >= 0.3 is 0 Å². The summed E-state index contributed by atoms with van der Waals surface area (Å²) < 4.78 is 26.0. The summed E-state index contributed by atoms with van der Waals surface area (Å²) in [6.45, 7) is 2.14. The SMILES string of the molecule is Cc1cc(C2(CN)CCCCC2)cc(C(F)F)c1O. The van der Waals surface area contributed by atoms with Crippen LogP contribution in [-0.2, 0) is 5.41 Å². The first kappa shape index (κ1) is 14.3. The minimum Gasteiger partial charge on any atom is -0.507 e. The van der Waals surface area contributed by atoms with Crippen LogP contribution in [0.2, 0.25) is 0 Å². The van der Waals surface area contributed by atoms with E-state index in [1.165, 1.54) is 12.5 Å². The van der Waals surface area contributed by atoms with Crippen LogP contribution in [0.15, 0.2) is 12.1 Å². The first-order chi connectivity index (χ1) is 9.00. The molecule has 19 heavy (non-hydrogen) atoms. The van der Waals surface area contributed by atoms with Crippen molar-refractivity contribution >= 4 is 0 Å². The number of rotatable bonds is 3. The van der Waals surface area contributed by atoms with Gasteiger partial charge in [-0.05, 0) is 37.0 Å². The number of hydrogen-bond donors (Lipinski definition) is 2. The molecule has 0 amide bonds. The van der Waals surface area contributed by atoms with Crippen molar-refractivity contribution < 1.29 is 13.9 Å². The lowest BCUT2D eigenvalue weighted by molar-refractivity contribution is 0.147. The van der Waals surface area contributed by atoms with Crippen molar-refractivity contribution in [2.75, 3.05) is 6.54 Å². The molecule has 0 saturated heterocycles. The zero-order valence-corrected chi connectivity index (χ0v) is 11.3. The normalized spacial score (nSPS) is 18.8. The molecule has 106 valence electrons. The van der Waals surface area contributed by atoms with Crippen LogP contribution in [0, 0.1) is 6.92 Å². The Morgan fingerprint density at radius 2 is 1.89 bits per heavy atom. The molecule has 1 aromatic rings. The van der Waals surface area contributed by atoms with Crippen LogP contribution in [0.3, 0.4) is 0 Å². The predicted molar refractivity (Wildman–Crippen MR) is 71.6 cm³/mol. The molecule has 0 aliphatic heterocycles. The molecule has 0 aromatic heterocycles. The number of halogens is 2. The van der Waals surface area contributed by atoms with Crippen LogP contribution in [0.1, 0.15) is 55.2 Å². The summed E-state index contributed by atoms with van der Waals surface area (Å²) >= 11 is 0. The number of nitrogens with two attached hydrogens (primary N) is 1. The largest absolute Gasteiger partial charge is 0.507 e. The first-order valence-electron chi connectivity index (χ1n) is 6.82. The summed E-state index contributed by atoms with van der Waals surface area (Å²) in [5.74, 6) is -0.290. The molecule has 0 radical (unpaired) electrons. The highest BCUT2D eigenvalue weighted by Crippen LogP contribution is 2.42. The lowest BCUT2D eigenvalue weighted by Crippen LogP contribution is -2.37. The highest BCUT2D eigenvalue weighted by molar-refractivity contribution is 5.46. The van der Waals surface area contributed by atoms with Gasteiger partial charge in [-0.25, -0.2) is 8.78 Å². The van der Waals surface area contributed by atoms with Gasteiger partial charge in [0.1, 0.15) is 5.75 Å². The van der Waals surface area contributed by atoms with E-state index in [1.54, 1.807) is 6.92 Å². The molecular weight excluding hydrogens is 248 g/mol. The summed E-state index contributed by atoms with van der Waals surface area (Å²) in [6.07, 6.45) is 2.58. The quantitative estimate of drug-likeness (QED) is 0.876. The Labute approximate surface area is 112 Å². The maximum Gasteiger partial charge on any atom is 0.267 e. The van der Waals surface area contributed by atoms with E-state index in [-0.39, 0.29) is 16.7 Å². The van der Waals surface area contributed by atoms with Crippen molar-refractivity contribution in [3.8, 4) is 5.75 Å². The van der Waals surface area contributed by atoms with Gasteiger partial charge in [0.05, 0.1) is 5.56 Å². The van der Waals surface area contributed by atoms with Gasteiger partial charge < -0.3 is 10.8 Å². The Kier molecular flexibility index (Phi) is 4.09. The number of benzene rings is 1. The zero-order chi connectivity index (χ0) is 14.0. The van der Waals surface area contributed by atoms with Gasteiger partial charge in [0, 0.05) is 12.0 Å². The minimum atomic E-state index is -2.66. The van der Waals surface area contributed by atoms with Crippen LogP contribution in [0.4, 0.5) is 8.78 Å². The van der Waals surface area contributed by atoms with Crippen molar-refractivity contribution in [1.29, 1.82) is 0 Å². The maximum atomic E-state index is 13.0. The van der Waals surface area contributed by atoms with E-state index in [0.717, 1.165) is 31.2 Å². The number of aryl methyl sites for hydroxylation is 1. The van der Waals surface area contributed by atoms with E-state index in [2.05, 4.69) is 0 Å². The van der Waals surface area contributed by atoms with Gasteiger partial charge in [-0.2, -0.15) is 0 Å². The monoisotopic (exact) mass is 269 g/mol. The number of alkyl halides is 2. The first-order valence-corrected chi connectivity index (χ1v) is 6.82. The van der Waals surface area contributed by atoms with Crippen LogP contribution >= 0.6 is 0 Å². The molecule has 1 fully saturated rings. The summed E-state index contributed by atoms with van der Waals surface area (Å²) in [5, 5.41) is 9.74. The Hall–Kier alpha value is -1.16. The third-order valence-corrected chi connectivity index (χ3v) is 4.38. The van der Waals surface area contributed by atoms with Crippen molar-refractivity contribution in [2.45, 2.75) is 50.9 Å². The molecule has 1 aliphatic carbocycles. The van der Waals surface area contributed by atoms with E-state index in [9.17, 15) is 13.9 Å². The van der Waals surface area contributed by atoms with Crippen molar-refractivity contribution in [2.24, 2.45) is 5.73 Å².